The molecule has 2 unspecified atom stereocenters. The van der Waals surface area contributed by atoms with Crippen LogP contribution in [0.1, 0.15) is 34.2 Å². The molecule has 1 heterocycles. The highest BCUT2D eigenvalue weighted by Gasteiger charge is 2.47. The van der Waals surface area contributed by atoms with E-state index < -0.39 is 0 Å². The first kappa shape index (κ1) is 31.5. The predicted molar refractivity (Wildman–Crippen MR) is 210 cm³/mol. The summed E-state index contributed by atoms with van der Waals surface area (Å²) in [6.45, 7) is 0. The second-order valence-electron chi connectivity index (χ2n) is 12.8. The first-order valence-electron chi connectivity index (χ1n) is 17.0. The van der Waals surface area contributed by atoms with E-state index in [-0.39, 0.29) is 11.3 Å². The van der Waals surface area contributed by atoms with Gasteiger partial charge in [-0.15, -0.1) is 0 Å². The molecule has 0 bridgehead atoms. The number of rotatable bonds is 8. The summed E-state index contributed by atoms with van der Waals surface area (Å²) < 4.78 is 0. The third-order valence-corrected chi connectivity index (χ3v) is 11.1. The van der Waals surface area contributed by atoms with Gasteiger partial charge in [-0.3, -0.25) is 0 Å². The maximum absolute atomic E-state index is 8.76. The Balaban J connectivity index is 1.18. The van der Waals surface area contributed by atoms with Gasteiger partial charge in [0.1, 0.15) is 0 Å². The molecule has 0 saturated carbocycles. The van der Waals surface area contributed by atoms with Gasteiger partial charge in [0.25, 0.3) is 0 Å². The maximum atomic E-state index is 8.76. The van der Waals surface area contributed by atoms with Gasteiger partial charge in [-0.1, -0.05) is 157 Å². The van der Waals surface area contributed by atoms with E-state index in [1.807, 2.05) is 54.2 Å². The summed E-state index contributed by atoms with van der Waals surface area (Å²) in [6, 6.07) is 53.6. The van der Waals surface area contributed by atoms with Crippen molar-refractivity contribution in [2.24, 2.45) is 5.92 Å². The Kier molecular flexibility index (Phi) is 8.58. The largest absolute Gasteiger partial charge is 0.300 e. The van der Waals surface area contributed by atoms with Gasteiger partial charge in [-0.2, -0.15) is 0 Å². The van der Waals surface area contributed by atoms with Crippen LogP contribution in [0.3, 0.4) is 0 Å². The SMILES string of the molecule is N=C(/C=C\C(=N)c1cccc(-c2cccc(-c3ccc4c(c3)C(c3ccccc3)(C3C=CC=CC3)c3ccccc3S4)c2)c1)c1ccccc1. The van der Waals surface area contributed by atoms with Crippen LogP contribution in [0.2, 0.25) is 0 Å². The van der Waals surface area contributed by atoms with Crippen molar-refractivity contribution >= 4 is 23.2 Å². The second-order valence-corrected chi connectivity index (χ2v) is 13.9. The molecule has 0 spiro atoms. The highest BCUT2D eigenvalue weighted by Crippen LogP contribution is 2.57. The van der Waals surface area contributed by atoms with E-state index in [4.69, 9.17) is 10.8 Å². The van der Waals surface area contributed by atoms with Crippen molar-refractivity contribution in [2.45, 2.75) is 21.6 Å². The zero-order valence-electron chi connectivity index (χ0n) is 27.6. The fourth-order valence-electron chi connectivity index (χ4n) is 7.50. The molecule has 0 fully saturated rings. The van der Waals surface area contributed by atoms with Crippen molar-refractivity contribution in [3.05, 3.63) is 216 Å². The standard InChI is InChI=1S/C47H36N2S/c48-43(33-14-4-1-5-15-33)27-28-44(49)38-19-13-18-36(31-38)34-16-12-17-35(30-34)37-26-29-46-42(32-37)47(39-20-6-2-7-21-39,40-22-8-3-9-23-40)41-24-10-11-25-45(41)50-46/h1-22,24-32,40,48-49H,23H2/b28-27-,48-43?,49-44?. The van der Waals surface area contributed by atoms with Gasteiger partial charge < -0.3 is 10.8 Å². The predicted octanol–water partition coefficient (Wildman–Crippen LogP) is 11.9. The number of hydrogen-bond acceptors (Lipinski definition) is 3. The molecule has 2 N–H and O–H groups in total. The third-order valence-electron chi connectivity index (χ3n) is 9.91. The summed E-state index contributed by atoms with van der Waals surface area (Å²) in [6.07, 6.45) is 13.5. The molecule has 0 radical (unpaired) electrons. The van der Waals surface area contributed by atoms with Crippen LogP contribution in [0.15, 0.2) is 198 Å². The van der Waals surface area contributed by atoms with Crippen molar-refractivity contribution in [3.63, 3.8) is 0 Å². The second kappa shape index (κ2) is 13.6. The van der Waals surface area contributed by atoms with Crippen LogP contribution in [0, 0.1) is 16.7 Å². The van der Waals surface area contributed by atoms with Gasteiger partial charge in [0.05, 0.1) is 16.8 Å². The normalized spacial score (nSPS) is 17.6. The highest BCUT2D eigenvalue weighted by atomic mass is 32.2. The van der Waals surface area contributed by atoms with Crippen molar-refractivity contribution in [1.29, 1.82) is 10.8 Å². The van der Waals surface area contributed by atoms with E-state index in [1.54, 1.807) is 12.2 Å². The molecule has 6 aromatic carbocycles. The molecule has 240 valence electrons. The summed E-state index contributed by atoms with van der Waals surface area (Å²) in [5, 5.41) is 17.2. The van der Waals surface area contributed by atoms with Crippen LogP contribution in [-0.4, -0.2) is 11.4 Å². The molecule has 6 aromatic rings. The van der Waals surface area contributed by atoms with Crippen molar-refractivity contribution in [1.82, 2.24) is 0 Å². The molecule has 2 aliphatic rings. The molecule has 8 rings (SSSR count). The lowest BCUT2D eigenvalue weighted by Crippen LogP contribution is -2.39. The fourth-order valence-corrected chi connectivity index (χ4v) is 8.69. The lowest BCUT2D eigenvalue weighted by Gasteiger charge is -2.46. The zero-order valence-corrected chi connectivity index (χ0v) is 28.4. The molecule has 3 heteroatoms. The summed E-state index contributed by atoms with van der Waals surface area (Å²) in [5.74, 6) is 0.265. The lowest BCUT2D eigenvalue weighted by molar-refractivity contribution is 0.432. The van der Waals surface area contributed by atoms with Crippen LogP contribution in [0.4, 0.5) is 0 Å². The number of allylic oxidation sites excluding steroid dienone is 6. The van der Waals surface area contributed by atoms with Gasteiger partial charge in [0.2, 0.25) is 0 Å². The maximum Gasteiger partial charge on any atom is 0.0613 e. The minimum Gasteiger partial charge on any atom is -0.300 e. The van der Waals surface area contributed by atoms with Crippen LogP contribution in [0.25, 0.3) is 22.3 Å². The van der Waals surface area contributed by atoms with E-state index in [9.17, 15) is 0 Å². The Morgan fingerprint density at radius 3 is 1.88 bits per heavy atom. The molecule has 1 aliphatic carbocycles. The van der Waals surface area contributed by atoms with Crippen LogP contribution in [0.5, 0.6) is 0 Å². The number of nitrogens with one attached hydrogen (secondary N) is 2. The van der Waals surface area contributed by atoms with Gasteiger partial charge in [-0.25, -0.2) is 0 Å². The van der Waals surface area contributed by atoms with Gasteiger partial charge in [-0.05, 0) is 105 Å². The number of hydrogen-bond donors (Lipinski definition) is 2. The molecule has 50 heavy (non-hydrogen) atoms. The Labute approximate surface area is 298 Å². The number of fused-ring (bicyclic) bond motifs is 2. The Morgan fingerprint density at radius 2 is 1.14 bits per heavy atom. The van der Waals surface area contributed by atoms with Gasteiger partial charge >= 0.3 is 0 Å². The lowest BCUT2D eigenvalue weighted by atomic mass is 9.60. The smallest absolute Gasteiger partial charge is 0.0613 e. The molecule has 2 atom stereocenters. The van der Waals surface area contributed by atoms with Crippen molar-refractivity contribution in [3.8, 4) is 22.3 Å². The Morgan fingerprint density at radius 1 is 0.540 bits per heavy atom. The molecule has 0 aromatic heterocycles. The van der Waals surface area contributed by atoms with E-state index in [1.165, 1.54) is 32.0 Å². The van der Waals surface area contributed by atoms with E-state index in [0.717, 1.165) is 34.2 Å². The first-order chi connectivity index (χ1) is 24.6. The molecular formula is C47H36N2S. The van der Waals surface area contributed by atoms with E-state index in [2.05, 4.69) is 133 Å². The summed E-state index contributed by atoms with van der Waals surface area (Å²) in [5.41, 5.74) is 10.6. The van der Waals surface area contributed by atoms with Crippen molar-refractivity contribution < 1.29 is 0 Å². The van der Waals surface area contributed by atoms with Gasteiger partial charge in [0, 0.05) is 9.79 Å². The quantitative estimate of drug-likeness (QED) is 0.157. The van der Waals surface area contributed by atoms with Gasteiger partial charge in [0.15, 0.2) is 0 Å². The first-order valence-corrected chi connectivity index (χ1v) is 17.9. The molecular weight excluding hydrogens is 625 g/mol. The van der Waals surface area contributed by atoms with E-state index >= 15 is 0 Å². The summed E-state index contributed by atoms with van der Waals surface area (Å²) >= 11 is 1.87. The Hall–Kier alpha value is -5.77. The fraction of sp³-hybridized carbons (Fsp3) is 0.0638. The molecule has 0 amide bonds. The van der Waals surface area contributed by atoms with E-state index in [0.29, 0.717) is 11.4 Å². The minimum atomic E-state index is -0.341. The number of benzene rings is 6. The average molecular weight is 661 g/mol. The molecule has 2 nitrogen and oxygen atoms in total. The van der Waals surface area contributed by atoms with Crippen LogP contribution >= 0.6 is 11.8 Å². The molecule has 0 saturated heterocycles. The zero-order chi connectivity index (χ0) is 33.9. The van der Waals surface area contributed by atoms with Crippen LogP contribution < -0.4 is 0 Å². The third kappa shape index (κ3) is 5.80. The summed E-state index contributed by atoms with van der Waals surface area (Å²) in [7, 11) is 0. The topological polar surface area (TPSA) is 47.7 Å². The monoisotopic (exact) mass is 660 g/mol. The highest BCUT2D eigenvalue weighted by molar-refractivity contribution is 7.99. The van der Waals surface area contributed by atoms with Crippen molar-refractivity contribution in [2.75, 3.05) is 0 Å². The molecule has 1 aliphatic heterocycles. The average Bonchev–Trinajstić information content (AvgIpc) is 3.20. The Bertz CT molecular complexity index is 2320. The summed E-state index contributed by atoms with van der Waals surface area (Å²) in [4.78, 5) is 2.62. The minimum absolute atomic E-state index is 0.265. The van der Waals surface area contributed by atoms with Crippen LogP contribution in [-0.2, 0) is 5.41 Å².